The smallest absolute Gasteiger partial charge is 0.313 e. The fourth-order valence-electron chi connectivity index (χ4n) is 3.32. The molecule has 0 bridgehead atoms. The number of amides is 2. The zero-order valence-corrected chi connectivity index (χ0v) is 14.3. The van der Waals surface area contributed by atoms with Gasteiger partial charge in [-0.3, -0.25) is 9.59 Å². The fraction of sp³-hybridized carbons (Fsp3) is 0.333. The minimum atomic E-state index is -0.638. The number of hydrogen-bond acceptors (Lipinski definition) is 2. The first kappa shape index (κ1) is 17.2. The number of benzene rings is 2. The Hall–Kier alpha value is -2.62. The van der Waals surface area contributed by atoms with E-state index in [1.807, 2.05) is 42.5 Å². The largest absolute Gasteiger partial charge is 0.344 e. The fourth-order valence-corrected chi connectivity index (χ4v) is 3.32. The van der Waals surface area contributed by atoms with Gasteiger partial charge < -0.3 is 10.6 Å². The molecular weight excluding hydrogens is 312 g/mol. The number of anilines is 1. The van der Waals surface area contributed by atoms with Crippen LogP contribution in [0.1, 0.15) is 49.1 Å². The van der Waals surface area contributed by atoms with E-state index in [1.165, 1.54) is 37.7 Å². The van der Waals surface area contributed by atoms with Gasteiger partial charge in [0, 0.05) is 12.2 Å². The van der Waals surface area contributed by atoms with E-state index in [0.29, 0.717) is 18.2 Å². The van der Waals surface area contributed by atoms with E-state index >= 15 is 0 Å². The third-order valence-corrected chi connectivity index (χ3v) is 4.75. The lowest BCUT2D eigenvalue weighted by molar-refractivity contribution is -0.136. The van der Waals surface area contributed by atoms with E-state index in [4.69, 9.17) is 0 Å². The van der Waals surface area contributed by atoms with Crippen molar-refractivity contribution in [3.63, 3.8) is 0 Å². The van der Waals surface area contributed by atoms with Crippen molar-refractivity contribution in [3.05, 3.63) is 65.7 Å². The Bertz CT molecular complexity index is 704. The van der Waals surface area contributed by atoms with E-state index < -0.39 is 11.8 Å². The lowest BCUT2D eigenvalue weighted by atomic mass is 9.84. The molecule has 4 heteroatoms. The van der Waals surface area contributed by atoms with Crippen LogP contribution in [0.2, 0.25) is 0 Å². The Morgan fingerprint density at radius 3 is 2.20 bits per heavy atom. The molecule has 2 aromatic carbocycles. The van der Waals surface area contributed by atoms with E-state index in [1.54, 1.807) is 0 Å². The molecule has 0 atom stereocenters. The van der Waals surface area contributed by atoms with Gasteiger partial charge in [0.15, 0.2) is 0 Å². The molecule has 1 fully saturated rings. The molecule has 1 saturated carbocycles. The van der Waals surface area contributed by atoms with Gasteiger partial charge in [-0.2, -0.15) is 0 Å². The van der Waals surface area contributed by atoms with Crippen molar-refractivity contribution in [2.75, 3.05) is 5.32 Å². The van der Waals surface area contributed by atoms with E-state index in [0.717, 1.165) is 5.56 Å². The van der Waals surface area contributed by atoms with Crippen LogP contribution in [0.4, 0.5) is 5.69 Å². The van der Waals surface area contributed by atoms with Crippen molar-refractivity contribution in [2.24, 2.45) is 0 Å². The van der Waals surface area contributed by atoms with Crippen LogP contribution in [0.5, 0.6) is 0 Å². The summed E-state index contributed by atoms with van der Waals surface area (Å²) in [6.45, 7) is 0.341. The van der Waals surface area contributed by atoms with Crippen molar-refractivity contribution in [2.45, 2.75) is 44.6 Å². The number of nitrogens with one attached hydrogen (secondary N) is 2. The molecule has 1 aliphatic rings. The lowest BCUT2D eigenvalue weighted by Gasteiger charge is -2.22. The SMILES string of the molecule is O=C(NCc1ccccc1)C(=O)Nc1ccc(C2CCCCC2)cc1. The van der Waals surface area contributed by atoms with E-state index in [-0.39, 0.29) is 0 Å². The van der Waals surface area contributed by atoms with Gasteiger partial charge in [0.1, 0.15) is 0 Å². The minimum Gasteiger partial charge on any atom is -0.344 e. The molecule has 2 aromatic rings. The molecule has 0 aromatic heterocycles. The van der Waals surface area contributed by atoms with Crippen molar-refractivity contribution >= 4 is 17.5 Å². The zero-order chi connectivity index (χ0) is 17.5. The molecule has 25 heavy (non-hydrogen) atoms. The molecule has 0 saturated heterocycles. The van der Waals surface area contributed by atoms with E-state index in [9.17, 15) is 9.59 Å². The highest BCUT2D eigenvalue weighted by atomic mass is 16.2. The van der Waals surface area contributed by atoms with Crippen LogP contribution in [0.25, 0.3) is 0 Å². The van der Waals surface area contributed by atoms with Crippen LogP contribution in [-0.4, -0.2) is 11.8 Å². The zero-order valence-electron chi connectivity index (χ0n) is 14.3. The van der Waals surface area contributed by atoms with Gasteiger partial charge in [0.2, 0.25) is 0 Å². The highest BCUT2D eigenvalue weighted by molar-refractivity contribution is 6.39. The van der Waals surface area contributed by atoms with Gasteiger partial charge in [0.25, 0.3) is 0 Å². The predicted molar refractivity (Wildman–Crippen MR) is 99.2 cm³/mol. The quantitative estimate of drug-likeness (QED) is 0.830. The van der Waals surface area contributed by atoms with Crippen LogP contribution in [0.15, 0.2) is 54.6 Å². The summed E-state index contributed by atoms with van der Waals surface area (Å²) in [6.07, 6.45) is 6.42. The second kappa shape index (κ2) is 8.47. The first-order valence-electron chi connectivity index (χ1n) is 8.95. The van der Waals surface area contributed by atoms with Gasteiger partial charge in [-0.1, -0.05) is 61.7 Å². The van der Waals surface area contributed by atoms with Gasteiger partial charge in [-0.15, -0.1) is 0 Å². The highest BCUT2D eigenvalue weighted by Crippen LogP contribution is 2.32. The molecule has 0 spiro atoms. The second-order valence-electron chi connectivity index (χ2n) is 6.58. The van der Waals surface area contributed by atoms with Crippen LogP contribution in [-0.2, 0) is 16.1 Å². The average Bonchev–Trinajstić information content (AvgIpc) is 2.68. The summed E-state index contributed by atoms with van der Waals surface area (Å²) in [5.74, 6) is -0.630. The first-order valence-corrected chi connectivity index (χ1v) is 8.95. The molecule has 3 rings (SSSR count). The Labute approximate surface area is 148 Å². The maximum atomic E-state index is 12.0. The van der Waals surface area contributed by atoms with Crippen LogP contribution < -0.4 is 10.6 Å². The summed E-state index contributed by atoms with van der Waals surface area (Å²) in [7, 11) is 0. The molecule has 0 heterocycles. The number of carbonyl (C=O) groups excluding carboxylic acids is 2. The Morgan fingerprint density at radius 2 is 1.52 bits per heavy atom. The number of rotatable bonds is 4. The third-order valence-electron chi connectivity index (χ3n) is 4.75. The van der Waals surface area contributed by atoms with Crippen molar-refractivity contribution < 1.29 is 9.59 Å². The summed E-state index contributed by atoms with van der Waals surface area (Å²) in [6, 6.07) is 17.4. The molecule has 4 nitrogen and oxygen atoms in total. The molecule has 0 unspecified atom stereocenters. The minimum absolute atomic E-state index is 0.341. The highest BCUT2D eigenvalue weighted by Gasteiger charge is 2.16. The average molecular weight is 336 g/mol. The monoisotopic (exact) mass is 336 g/mol. The standard InChI is InChI=1S/C21H24N2O2/c24-20(22-15-16-7-3-1-4-8-16)21(25)23-19-13-11-18(12-14-19)17-9-5-2-6-10-17/h1,3-4,7-8,11-14,17H,2,5-6,9-10,15H2,(H,22,24)(H,23,25). The maximum Gasteiger partial charge on any atom is 0.313 e. The summed E-state index contributed by atoms with van der Waals surface area (Å²) < 4.78 is 0. The molecular formula is C21H24N2O2. The van der Waals surface area contributed by atoms with Crippen LogP contribution >= 0.6 is 0 Å². The molecule has 0 radical (unpaired) electrons. The van der Waals surface area contributed by atoms with Crippen molar-refractivity contribution in [1.29, 1.82) is 0 Å². The first-order chi connectivity index (χ1) is 12.2. The predicted octanol–water partition coefficient (Wildman–Crippen LogP) is 3.99. The van der Waals surface area contributed by atoms with Crippen LogP contribution in [0.3, 0.4) is 0 Å². The maximum absolute atomic E-state index is 12.0. The normalized spacial score (nSPS) is 14.7. The van der Waals surface area contributed by atoms with Crippen molar-refractivity contribution in [1.82, 2.24) is 5.32 Å². The van der Waals surface area contributed by atoms with Gasteiger partial charge in [-0.25, -0.2) is 0 Å². The summed E-state index contributed by atoms with van der Waals surface area (Å²) in [5.41, 5.74) is 2.94. The molecule has 1 aliphatic carbocycles. The Balaban J connectivity index is 1.50. The third kappa shape index (κ3) is 4.92. The van der Waals surface area contributed by atoms with Crippen LogP contribution in [0, 0.1) is 0 Å². The van der Waals surface area contributed by atoms with Gasteiger partial charge >= 0.3 is 11.8 Å². The molecule has 0 aliphatic heterocycles. The summed E-state index contributed by atoms with van der Waals surface area (Å²) >= 11 is 0. The van der Waals surface area contributed by atoms with Crippen molar-refractivity contribution in [3.8, 4) is 0 Å². The van der Waals surface area contributed by atoms with Gasteiger partial charge in [0.05, 0.1) is 0 Å². The Morgan fingerprint density at radius 1 is 0.840 bits per heavy atom. The topological polar surface area (TPSA) is 58.2 Å². The second-order valence-corrected chi connectivity index (χ2v) is 6.58. The Kier molecular flexibility index (Phi) is 5.83. The number of carbonyl (C=O) groups is 2. The van der Waals surface area contributed by atoms with E-state index in [2.05, 4.69) is 22.8 Å². The molecule has 2 N–H and O–H groups in total. The van der Waals surface area contributed by atoms with Gasteiger partial charge in [-0.05, 0) is 42.0 Å². The number of hydrogen-bond donors (Lipinski definition) is 2. The lowest BCUT2D eigenvalue weighted by Crippen LogP contribution is -2.34. The molecule has 2 amide bonds. The molecule has 130 valence electrons. The summed E-state index contributed by atoms with van der Waals surface area (Å²) in [5, 5.41) is 5.29. The summed E-state index contributed by atoms with van der Waals surface area (Å²) in [4.78, 5) is 23.9.